The van der Waals surface area contributed by atoms with E-state index in [4.69, 9.17) is 0 Å². The number of carbonyl (C=O) groups excluding carboxylic acids is 1. The number of nitrogens with one attached hydrogen (secondary N) is 3. The van der Waals surface area contributed by atoms with E-state index in [1.165, 1.54) is 0 Å². The van der Waals surface area contributed by atoms with Crippen molar-refractivity contribution in [1.82, 2.24) is 35.1 Å². The highest BCUT2D eigenvalue weighted by atomic mass is 16.1. The summed E-state index contributed by atoms with van der Waals surface area (Å²) in [6.45, 7) is 6.09. The fourth-order valence-electron chi connectivity index (χ4n) is 3.55. The molecule has 160 valence electrons. The molecule has 0 atom stereocenters. The van der Waals surface area contributed by atoms with E-state index in [0.29, 0.717) is 35.0 Å². The standard InChI is InChI=1S/C23H22N8O/c1-23(2,3)9-19(32)27-14-7-13(10-24-11-14)17-8-15-18(12-26-17)30-31-20(15)22-28-16-5-4-6-25-21(16)29-22/h4-8,10-12H,9H2,1-3H3,(H,27,32)(H,30,31)(H,25,28,29). The zero-order valence-electron chi connectivity index (χ0n) is 18.0. The lowest BCUT2D eigenvalue weighted by Crippen LogP contribution is -2.19. The molecule has 0 fully saturated rings. The monoisotopic (exact) mass is 426 g/mol. The predicted molar refractivity (Wildman–Crippen MR) is 123 cm³/mol. The number of carbonyl (C=O) groups is 1. The second-order valence-corrected chi connectivity index (χ2v) is 8.90. The Balaban J connectivity index is 1.49. The maximum absolute atomic E-state index is 12.3. The lowest BCUT2D eigenvalue weighted by atomic mass is 9.92. The number of rotatable bonds is 4. The van der Waals surface area contributed by atoms with E-state index in [1.54, 1.807) is 24.8 Å². The Bertz CT molecular complexity index is 1410. The Labute approximate surface area is 183 Å². The van der Waals surface area contributed by atoms with Crippen molar-refractivity contribution < 1.29 is 4.79 Å². The lowest BCUT2D eigenvalue weighted by molar-refractivity contribution is -0.117. The van der Waals surface area contributed by atoms with Crippen molar-refractivity contribution in [2.24, 2.45) is 5.41 Å². The average molecular weight is 426 g/mol. The number of anilines is 1. The van der Waals surface area contributed by atoms with E-state index in [2.05, 4.69) is 40.4 Å². The van der Waals surface area contributed by atoms with E-state index in [9.17, 15) is 4.79 Å². The molecule has 5 rings (SSSR count). The van der Waals surface area contributed by atoms with Gasteiger partial charge in [-0.2, -0.15) is 5.10 Å². The number of amides is 1. The maximum Gasteiger partial charge on any atom is 0.224 e. The first-order chi connectivity index (χ1) is 15.4. The molecular formula is C23H22N8O. The van der Waals surface area contributed by atoms with Crippen LogP contribution in [0.15, 0.2) is 49.1 Å². The summed E-state index contributed by atoms with van der Waals surface area (Å²) < 4.78 is 0. The number of nitrogens with zero attached hydrogens (tertiary/aromatic N) is 5. The van der Waals surface area contributed by atoms with Crippen molar-refractivity contribution >= 4 is 33.7 Å². The molecule has 0 aromatic carbocycles. The second kappa shape index (κ2) is 7.52. The molecule has 9 nitrogen and oxygen atoms in total. The van der Waals surface area contributed by atoms with Gasteiger partial charge in [-0.1, -0.05) is 20.8 Å². The molecule has 0 saturated heterocycles. The molecule has 0 aliphatic heterocycles. The number of H-pyrrole nitrogens is 2. The SMILES string of the molecule is CC(C)(C)CC(=O)Nc1cncc(-c2cc3c(-c4nc5ncccc5[nH]4)n[nH]c3cn2)c1. The van der Waals surface area contributed by atoms with Crippen molar-refractivity contribution in [1.29, 1.82) is 0 Å². The zero-order chi connectivity index (χ0) is 22.3. The Morgan fingerprint density at radius 1 is 1.09 bits per heavy atom. The van der Waals surface area contributed by atoms with Crippen LogP contribution >= 0.6 is 0 Å². The van der Waals surface area contributed by atoms with Gasteiger partial charge in [-0.15, -0.1) is 0 Å². The molecule has 5 aromatic rings. The number of pyridine rings is 3. The van der Waals surface area contributed by atoms with Crippen LogP contribution in [0.2, 0.25) is 0 Å². The van der Waals surface area contributed by atoms with Gasteiger partial charge in [0.25, 0.3) is 0 Å². The number of hydrogen-bond acceptors (Lipinski definition) is 6. The van der Waals surface area contributed by atoms with Crippen LogP contribution in [0, 0.1) is 5.41 Å². The molecule has 9 heteroatoms. The van der Waals surface area contributed by atoms with Crippen molar-refractivity contribution in [3.8, 4) is 22.8 Å². The molecule has 0 unspecified atom stereocenters. The fraction of sp³-hybridized carbons (Fsp3) is 0.217. The minimum atomic E-state index is -0.0917. The number of aromatic nitrogens is 7. The number of aromatic amines is 2. The largest absolute Gasteiger partial charge is 0.335 e. The van der Waals surface area contributed by atoms with Gasteiger partial charge in [0.15, 0.2) is 11.5 Å². The van der Waals surface area contributed by atoms with Crippen LogP contribution in [0.5, 0.6) is 0 Å². The number of fused-ring (bicyclic) bond motifs is 2. The van der Waals surface area contributed by atoms with E-state index < -0.39 is 0 Å². The van der Waals surface area contributed by atoms with Gasteiger partial charge in [-0.05, 0) is 29.7 Å². The Hall–Kier alpha value is -4.14. The molecule has 0 radical (unpaired) electrons. The van der Waals surface area contributed by atoms with Gasteiger partial charge in [-0.25, -0.2) is 9.97 Å². The third-order valence-corrected chi connectivity index (χ3v) is 4.94. The molecule has 0 bridgehead atoms. The summed E-state index contributed by atoms with van der Waals surface area (Å²) in [5.41, 5.74) is 5.00. The van der Waals surface area contributed by atoms with Gasteiger partial charge >= 0.3 is 0 Å². The summed E-state index contributed by atoms with van der Waals surface area (Å²) in [7, 11) is 0. The third kappa shape index (κ3) is 3.92. The highest BCUT2D eigenvalue weighted by Gasteiger charge is 2.17. The molecule has 5 aromatic heterocycles. The minimum absolute atomic E-state index is 0.0459. The topological polar surface area (TPSA) is 125 Å². The van der Waals surface area contributed by atoms with E-state index in [-0.39, 0.29) is 11.3 Å². The van der Waals surface area contributed by atoms with Crippen molar-refractivity contribution in [2.45, 2.75) is 27.2 Å². The molecule has 0 saturated carbocycles. The molecule has 5 heterocycles. The maximum atomic E-state index is 12.3. The molecule has 1 amide bonds. The Morgan fingerprint density at radius 2 is 1.97 bits per heavy atom. The van der Waals surface area contributed by atoms with Crippen LogP contribution in [-0.4, -0.2) is 41.0 Å². The highest BCUT2D eigenvalue weighted by molar-refractivity contribution is 5.95. The summed E-state index contributed by atoms with van der Waals surface area (Å²) in [5.74, 6) is 0.582. The van der Waals surface area contributed by atoms with Crippen LogP contribution < -0.4 is 5.32 Å². The zero-order valence-corrected chi connectivity index (χ0v) is 18.0. The second-order valence-electron chi connectivity index (χ2n) is 8.90. The van der Waals surface area contributed by atoms with Gasteiger partial charge in [-0.3, -0.25) is 19.9 Å². The van der Waals surface area contributed by atoms with Gasteiger partial charge < -0.3 is 10.3 Å². The van der Waals surface area contributed by atoms with E-state index in [0.717, 1.165) is 22.0 Å². The van der Waals surface area contributed by atoms with Crippen molar-refractivity contribution in [2.75, 3.05) is 5.32 Å². The highest BCUT2D eigenvalue weighted by Crippen LogP contribution is 2.29. The molecule has 0 spiro atoms. The summed E-state index contributed by atoms with van der Waals surface area (Å²) in [5, 5.41) is 11.2. The van der Waals surface area contributed by atoms with Gasteiger partial charge in [0.05, 0.1) is 34.8 Å². The molecule has 0 aliphatic carbocycles. The van der Waals surface area contributed by atoms with Crippen molar-refractivity contribution in [3.63, 3.8) is 0 Å². The third-order valence-electron chi connectivity index (χ3n) is 4.94. The smallest absolute Gasteiger partial charge is 0.224 e. The number of hydrogen-bond donors (Lipinski definition) is 3. The molecule has 3 N–H and O–H groups in total. The summed E-state index contributed by atoms with van der Waals surface area (Å²) in [6.07, 6.45) is 7.21. The normalized spacial score (nSPS) is 11.8. The van der Waals surface area contributed by atoms with Crippen LogP contribution in [0.25, 0.3) is 44.8 Å². The summed E-state index contributed by atoms with van der Waals surface area (Å²) >= 11 is 0. The lowest BCUT2D eigenvalue weighted by Gasteiger charge is -2.17. The van der Waals surface area contributed by atoms with Crippen LogP contribution in [0.1, 0.15) is 27.2 Å². The summed E-state index contributed by atoms with van der Waals surface area (Å²) in [6, 6.07) is 7.58. The Kier molecular flexibility index (Phi) is 4.66. The van der Waals surface area contributed by atoms with Gasteiger partial charge in [0.2, 0.25) is 5.91 Å². The quantitative estimate of drug-likeness (QED) is 0.393. The van der Waals surface area contributed by atoms with Gasteiger partial charge in [0, 0.05) is 29.8 Å². The van der Waals surface area contributed by atoms with Crippen LogP contribution in [-0.2, 0) is 4.79 Å². The van der Waals surface area contributed by atoms with Gasteiger partial charge in [0.1, 0.15) is 5.69 Å². The minimum Gasteiger partial charge on any atom is -0.335 e. The average Bonchev–Trinajstić information content (AvgIpc) is 3.35. The molecular weight excluding hydrogens is 404 g/mol. The molecule has 0 aliphatic rings. The number of imidazole rings is 1. The van der Waals surface area contributed by atoms with E-state index in [1.807, 2.05) is 45.0 Å². The van der Waals surface area contributed by atoms with Crippen molar-refractivity contribution in [3.05, 3.63) is 49.1 Å². The first kappa shape index (κ1) is 19.8. The fourth-order valence-corrected chi connectivity index (χ4v) is 3.55. The van der Waals surface area contributed by atoms with Crippen LogP contribution in [0.4, 0.5) is 5.69 Å². The first-order valence-electron chi connectivity index (χ1n) is 10.3. The molecule has 32 heavy (non-hydrogen) atoms. The predicted octanol–water partition coefficient (Wildman–Crippen LogP) is 4.33. The van der Waals surface area contributed by atoms with Crippen LogP contribution in [0.3, 0.4) is 0 Å². The van der Waals surface area contributed by atoms with E-state index >= 15 is 0 Å². The Morgan fingerprint density at radius 3 is 2.78 bits per heavy atom. The first-order valence-corrected chi connectivity index (χ1v) is 10.3. The summed E-state index contributed by atoms with van der Waals surface area (Å²) in [4.78, 5) is 33.2.